The van der Waals surface area contributed by atoms with Gasteiger partial charge in [0.1, 0.15) is 0 Å². The molecule has 3 unspecified atom stereocenters. The maximum atomic E-state index is 11.1. The number of rotatable bonds is 6. The van der Waals surface area contributed by atoms with E-state index in [0.717, 1.165) is 38.0 Å². The van der Waals surface area contributed by atoms with Gasteiger partial charge in [-0.15, -0.1) is 0 Å². The van der Waals surface area contributed by atoms with Crippen LogP contribution >= 0.6 is 0 Å². The molecule has 0 bridgehead atoms. The lowest BCUT2D eigenvalue weighted by molar-refractivity contribution is -0.0345. The molecule has 0 saturated carbocycles. The van der Waals surface area contributed by atoms with Gasteiger partial charge in [0.15, 0.2) is 0 Å². The highest BCUT2D eigenvalue weighted by Crippen LogP contribution is 2.40. The fourth-order valence-corrected chi connectivity index (χ4v) is 3.75. The molecule has 0 saturated heterocycles. The van der Waals surface area contributed by atoms with Crippen molar-refractivity contribution in [2.45, 2.75) is 64.5 Å². The van der Waals surface area contributed by atoms with Gasteiger partial charge in [-0.05, 0) is 50.9 Å². The number of hydrogen-bond donors (Lipinski definition) is 1. The maximum absolute atomic E-state index is 11.1. The SMILES string of the molecule is CCN(CC)C(C)(CC)C(O)C1CCc2cccnc21. The maximum Gasteiger partial charge on any atom is 0.0804 e. The fraction of sp³-hybridized carbons (Fsp3) is 0.706. The predicted molar refractivity (Wildman–Crippen MR) is 82.9 cm³/mol. The first-order valence-electron chi connectivity index (χ1n) is 7.95. The van der Waals surface area contributed by atoms with Gasteiger partial charge in [-0.2, -0.15) is 0 Å². The summed E-state index contributed by atoms with van der Waals surface area (Å²) in [5.41, 5.74) is 2.26. The molecule has 0 radical (unpaired) electrons. The first-order valence-corrected chi connectivity index (χ1v) is 7.95. The highest BCUT2D eigenvalue weighted by molar-refractivity contribution is 5.30. The quantitative estimate of drug-likeness (QED) is 0.868. The molecule has 1 N–H and O–H groups in total. The van der Waals surface area contributed by atoms with E-state index in [2.05, 4.69) is 43.6 Å². The third kappa shape index (κ3) is 2.49. The Balaban J connectivity index is 2.28. The lowest BCUT2D eigenvalue weighted by atomic mass is 9.80. The van der Waals surface area contributed by atoms with E-state index in [9.17, 15) is 5.11 Å². The van der Waals surface area contributed by atoms with Crippen molar-refractivity contribution in [2.75, 3.05) is 13.1 Å². The Labute approximate surface area is 123 Å². The largest absolute Gasteiger partial charge is 0.391 e. The summed E-state index contributed by atoms with van der Waals surface area (Å²) >= 11 is 0. The fourth-order valence-electron chi connectivity index (χ4n) is 3.75. The number of fused-ring (bicyclic) bond motifs is 1. The van der Waals surface area contributed by atoms with Crippen LogP contribution in [0.15, 0.2) is 18.3 Å². The lowest BCUT2D eigenvalue weighted by Gasteiger charge is -2.45. The molecule has 1 aromatic rings. The molecule has 0 aromatic carbocycles. The molecule has 1 heterocycles. The molecule has 1 aliphatic rings. The van der Waals surface area contributed by atoms with E-state index in [4.69, 9.17) is 0 Å². The van der Waals surface area contributed by atoms with E-state index >= 15 is 0 Å². The summed E-state index contributed by atoms with van der Waals surface area (Å²) < 4.78 is 0. The van der Waals surface area contributed by atoms with Crippen molar-refractivity contribution in [1.29, 1.82) is 0 Å². The normalized spacial score (nSPS) is 22.6. The van der Waals surface area contributed by atoms with Crippen LogP contribution in [0.3, 0.4) is 0 Å². The van der Waals surface area contributed by atoms with E-state index in [1.165, 1.54) is 5.56 Å². The Morgan fingerprint density at radius 1 is 1.40 bits per heavy atom. The third-order valence-electron chi connectivity index (χ3n) is 5.22. The highest BCUT2D eigenvalue weighted by Gasteiger charge is 2.43. The molecule has 3 heteroatoms. The number of nitrogens with zero attached hydrogens (tertiary/aromatic N) is 2. The van der Waals surface area contributed by atoms with Crippen molar-refractivity contribution >= 4 is 0 Å². The summed E-state index contributed by atoms with van der Waals surface area (Å²) in [6, 6.07) is 4.15. The number of aromatic nitrogens is 1. The Kier molecular flexibility index (Phi) is 4.82. The van der Waals surface area contributed by atoms with Crippen molar-refractivity contribution in [3.8, 4) is 0 Å². The van der Waals surface area contributed by atoms with Crippen LogP contribution in [-0.2, 0) is 6.42 Å². The van der Waals surface area contributed by atoms with Crippen LogP contribution in [0, 0.1) is 0 Å². The topological polar surface area (TPSA) is 36.4 Å². The van der Waals surface area contributed by atoms with Crippen LogP contribution in [0.5, 0.6) is 0 Å². The highest BCUT2D eigenvalue weighted by atomic mass is 16.3. The smallest absolute Gasteiger partial charge is 0.0804 e. The number of pyridine rings is 1. The number of aliphatic hydroxyl groups excluding tert-OH is 1. The average molecular weight is 276 g/mol. The van der Waals surface area contributed by atoms with Gasteiger partial charge >= 0.3 is 0 Å². The molecule has 0 spiro atoms. The molecular formula is C17H28N2O. The van der Waals surface area contributed by atoms with E-state index in [1.807, 2.05) is 12.3 Å². The molecular weight excluding hydrogens is 248 g/mol. The zero-order valence-corrected chi connectivity index (χ0v) is 13.3. The summed E-state index contributed by atoms with van der Waals surface area (Å²) in [6.45, 7) is 10.7. The number of aryl methyl sites for hydroxylation is 1. The zero-order chi connectivity index (χ0) is 14.8. The number of likely N-dealkylation sites (N-methyl/N-ethyl adjacent to an activating group) is 1. The van der Waals surface area contributed by atoms with Crippen LogP contribution in [0.1, 0.15) is 57.7 Å². The first-order chi connectivity index (χ1) is 9.58. The van der Waals surface area contributed by atoms with Gasteiger partial charge in [-0.3, -0.25) is 9.88 Å². The van der Waals surface area contributed by atoms with Gasteiger partial charge in [0.2, 0.25) is 0 Å². The van der Waals surface area contributed by atoms with Crippen molar-refractivity contribution < 1.29 is 5.11 Å². The van der Waals surface area contributed by atoms with Gasteiger partial charge in [-0.25, -0.2) is 0 Å². The lowest BCUT2D eigenvalue weighted by Crippen LogP contribution is -2.56. The average Bonchev–Trinajstić information content (AvgIpc) is 2.91. The summed E-state index contributed by atoms with van der Waals surface area (Å²) in [4.78, 5) is 6.93. The van der Waals surface area contributed by atoms with E-state index in [0.29, 0.717) is 0 Å². The van der Waals surface area contributed by atoms with Crippen molar-refractivity contribution in [3.05, 3.63) is 29.6 Å². The second-order valence-corrected chi connectivity index (χ2v) is 6.02. The van der Waals surface area contributed by atoms with Crippen LogP contribution < -0.4 is 0 Å². The second kappa shape index (κ2) is 6.23. The Morgan fingerprint density at radius 2 is 2.10 bits per heavy atom. The second-order valence-electron chi connectivity index (χ2n) is 6.02. The monoisotopic (exact) mass is 276 g/mol. The summed E-state index contributed by atoms with van der Waals surface area (Å²) in [5, 5.41) is 11.1. The van der Waals surface area contributed by atoms with Gasteiger partial charge in [0, 0.05) is 23.3 Å². The van der Waals surface area contributed by atoms with Crippen LogP contribution in [0.4, 0.5) is 0 Å². The molecule has 0 amide bonds. The summed E-state index contributed by atoms with van der Waals surface area (Å²) in [5.74, 6) is 0.178. The molecule has 0 fully saturated rings. The van der Waals surface area contributed by atoms with Crippen molar-refractivity contribution in [3.63, 3.8) is 0 Å². The zero-order valence-electron chi connectivity index (χ0n) is 13.3. The van der Waals surface area contributed by atoms with Crippen LogP contribution in [0.25, 0.3) is 0 Å². The molecule has 1 aliphatic carbocycles. The van der Waals surface area contributed by atoms with Gasteiger partial charge in [-0.1, -0.05) is 26.8 Å². The minimum absolute atomic E-state index is 0.173. The van der Waals surface area contributed by atoms with Crippen molar-refractivity contribution in [2.24, 2.45) is 0 Å². The molecule has 3 nitrogen and oxygen atoms in total. The number of hydrogen-bond acceptors (Lipinski definition) is 3. The molecule has 2 rings (SSSR count). The standard InChI is InChI=1S/C17H28N2O/c1-5-17(4,19(6-2)7-3)16(20)14-11-10-13-9-8-12-18-15(13)14/h8-9,12,14,16,20H,5-7,10-11H2,1-4H3. The Hall–Kier alpha value is -0.930. The molecule has 20 heavy (non-hydrogen) atoms. The van der Waals surface area contributed by atoms with Crippen molar-refractivity contribution in [1.82, 2.24) is 9.88 Å². The summed E-state index contributed by atoms with van der Waals surface area (Å²) in [6.07, 6.45) is 4.51. The molecule has 3 atom stereocenters. The third-order valence-corrected chi connectivity index (χ3v) is 5.22. The minimum Gasteiger partial charge on any atom is -0.391 e. The van der Waals surface area contributed by atoms with Crippen LogP contribution in [0.2, 0.25) is 0 Å². The Morgan fingerprint density at radius 3 is 2.70 bits per heavy atom. The van der Waals surface area contributed by atoms with Gasteiger partial charge in [0.05, 0.1) is 6.10 Å². The Bertz CT molecular complexity index is 444. The van der Waals surface area contributed by atoms with E-state index in [-0.39, 0.29) is 17.6 Å². The van der Waals surface area contributed by atoms with Gasteiger partial charge in [0.25, 0.3) is 0 Å². The predicted octanol–water partition coefficient (Wildman–Crippen LogP) is 2.98. The first kappa shape index (κ1) is 15.5. The summed E-state index contributed by atoms with van der Waals surface area (Å²) in [7, 11) is 0. The van der Waals surface area contributed by atoms with Gasteiger partial charge < -0.3 is 5.11 Å². The molecule has 0 aliphatic heterocycles. The number of aliphatic hydroxyl groups is 1. The minimum atomic E-state index is -0.358. The van der Waals surface area contributed by atoms with Crippen LogP contribution in [-0.4, -0.2) is 39.7 Å². The van der Waals surface area contributed by atoms with E-state index in [1.54, 1.807) is 0 Å². The molecule has 1 aromatic heterocycles. The van der Waals surface area contributed by atoms with E-state index < -0.39 is 0 Å². The molecule has 112 valence electrons.